The van der Waals surface area contributed by atoms with E-state index in [-0.39, 0.29) is 17.7 Å². The van der Waals surface area contributed by atoms with Crippen molar-refractivity contribution in [2.24, 2.45) is 0 Å². The lowest BCUT2D eigenvalue weighted by molar-refractivity contribution is -0.128. The van der Waals surface area contributed by atoms with Gasteiger partial charge in [-0.1, -0.05) is 26.2 Å². The predicted octanol–water partition coefficient (Wildman–Crippen LogP) is 1.74. The number of nitrogens with zero attached hydrogens (tertiary/aromatic N) is 1. The van der Waals surface area contributed by atoms with Gasteiger partial charge in [0.1, 0.15) is 5.75 Å². The molecule has 0 saturated carbocycles. The number of carbonyl (C=O) groups excluding carboxylic acids is 2. The van der Waals surface area contributed by atoms with Crippen LogP contribution in [0.15, 0.2) is 0 Å². The van der Waals surface area contributed by atoms with Crippen LogP contribution < -0.4 is 5.32 Å². The summed E-state index contributed by atoms with van der Waals surface area (Å²) in [6, 6.07) is 0.00182. The van der Waals surface area contributed by atoms with Gasteiger partial charge in [0.15, 0.2) is 9.84 Å². The van der Waals surface area contributed by atoms with Crippen molar-refractivity contribution in [3.63, 3.8) is 0 Å². The maximum Gasteiger partial charge on any atom is 0.235 e. The zero-order valence-electron chi connectivity index (χ0n) is 14.9. The first-order valence-corrected chi connectivity index (χ1v) is 10.2. The number of carbonyl (C=O) groups is 2. The zero-order chi connectivity index (χ0) is 17.9. The van der Waals surface area contributed by atoms with E-state index in [2.05, 4.69) is 12.2 Å². The summed E-state index contributed by atoms with van der Waals surface area (Å²) < 4.78 is 23.8. The lowest BCUT2D eigenvalue weighted by Gasteiger charge is -2.14. The molecule has 0 saturated heterocycles. The summed E-state index contributed by atoms with van der Waals surface area (Å²) in [6.45, 7) is 4.01. The Morgan fingerprint density at radius 3 is 2.30 bits per heavy atom. The van der Waals surface area contributed by atoms with Crippen LogP contribution in [-0.4, -0.2) is 56.8 Å². The number of nitrogens with one attached hydrogen (secondary N) is 1. The van der Waals surface area contributed by atoms with E-state index >= 15 is 0 Å². The highest BCUT2D eigenvalue weighted by Gasteiger charge is 2.18. The normalized spacial score (nSPS) is 12.7. The minimum Gasteiger partial charge on any atom is -0.353 e. The van der Waals surface area contributed by atoms with E-state index in [0.29, 0.717) is 19.3 Å². The van der Waals surface area contributed by atoms with Crippen molar-refractivity contribution in [2.75, 3.05) is 25.6 Å². The van der Waals surface area contributed by atoms with Crippen LogP contribution in [0.1, 0.15) is 58.8 Å². The summed E-state index contributed by atoms with van der Waals surface area (Å²) in [6.07, 6.45) is 5.39. The molecular formula is C16H32N2O4S. The molecule has 0 bridgehead atoms. The van der Waals surface area contributed by atoms with E-state index < -0.39 is 21.5 Å². The molecule has 1 atom stereocenters. The van der Waals surface area contributed by atoms with Gasteiger partial charge in [0, 0.05) is 26.6 Å². The van der Waals surface area contributed by atoms with Crippen LogP contribution in [0.4, 0.5) is 0 Å². The van der Waals surface area contributed by atoms with E-state index in [1.807, 2.05) is 6.92 Å². The molecule has 6 nitrogen and oxygen atoms in total. The molecule has 0 fully saturated rings. The van der Waals surface area contributed by atoms with Gasteiger partial charge in [0.25, 0.3) is 0 Å². The minimum absolute atomic E-state index is 0.00182. The number of hydrogen-bond acceptors (Lipinski definition) is 4. The number of amides is 2. The van der Waals surface area contributed by atoms with E-state index in [1.54, 1.807) is 14.1 Å². The van der Waals surface area contributed by atoms with E-state index in [1.165, 1.54) is 4.90 Å². The Morgan fingerprint density at radius 2 is 1.74 bits per heavy atom. The fourth-order valence-electron chi connectivity index (χ4n) is 2.18. The topological polar surface area (TPSA) is 83.5 Å². The molecule has 0 rings (SSSR count). The molecule has 1 N–H and O–H groups in total. The average molecular weight is 349 g/mol. The lowest BCUT2D eigenvalue weighted by Crippen LogP contribution is -2.37. The first-order chi connectivity index (χ1) is 10.7. The molecule has 2 amide bonds. The highest BCUT2D eigenvalue weighted by atomic mass is 32.2. The Labute approximate surface area is 140 Å². The molecule has 136 valence electrons. The summed E-state index contributed by atoms with van der Waals surface area (Å²) in [5, 5.41) is 2.74. The molecule has 0 radical (unpaired) electrons. The van der Waals surface area contributed by atoms with Gasteiger partial charge >= 0.3 is 0 Å². The zero-order valence-corrected chi connectivity index (χ0v) is 15.7. The largest absolute Gasteiger partial charge is 0.353 e. The van der Waals surface area contributed by atoms with E-state index in [0.717, 1.165) is 25.7 Å². The summed E-state index contributed by atoms with van der Waals surface area (Å²) in [7, 11) is -0.0633. The Hall–Kier alpha value is -1.11. The molecule has 0 aromatic rings. The first kappa shape index (κ1) is 21.9. The molecule has 0 spiro atoms. The molecule has 23 heavy (non-hydrogen) atoms. The summed E-state index contributed by atoms with van der Waals surface area (Å²) in [5.74, 6) is -0.961. The summed E-state index contributed by atoms with van der Waals surface area (Å²) >= 11 is 0. The molecule has 0 unspecified atom stereocenters. The van der Waals surface area contributed by atoms with Crippen molar-refractivity contribution in [3.8, 4) is 0 Å². The molecule has 0 aliphatic heterocycles. The van der Waals surface area contributed by atoms with Crippen LogP contribution in [0.2, 0.25) is 0 Å². The maximum atomic E-state index is 11.9. The molecule has 0 aliphatic rings. The Kier molecular flexibility index (Phi) is 10.9. The standard InChI is InChI=1S/C16H32N2O4S/c1-5-6-7-10-14(2)17-15(19)13-23(21,22)12-9-8-11-16(20)18(3)4/h14H,5-13H2,1-4H3,(H,17,19)/t14-/m1/s1. The Balaban J connectivity index is 4.01. The SMILES string of the molecule is CCCCC[C@@H](C)NC(=O)CS(=O)(=O)CCCCC(=O)N(C)C. The molecule has 0 aromatic heterocycles. The van der Waals surface area contributed by atoms with Crippen LogP contribution in [0.25, 0.3) is 0 Å². The van der Waals surface area contributed by atoms with Gasteiger partial charge < -0.3 is 10.2 Å². The van der Waals surface area contributed by atoms with Crippen LogP contribution in [-0.2, 0) is 19.4 Å². The second-order valence-corrected chi connectivity index (χ2v) is 8.49. The number of hydrogen-bond donors (Lipinski definition) is 1. The van der Waals surface area contributed by atoms with Crippen molar-refractivity contribution in [1.82, 2.24) is 10.2 Å². The third-order valence-electron chi connectivity index (χ3n) is 3.59. The van der Waals surface area contributed by atoms with E-state index in [4.69, 9.17) is 0 Å². The van der Waals surface area contributed by atoms with Crippen molar-refractivity contribution in [3.05, 3.63) is 0 Å². The van der Waals surface area contributed by atoms with Crippen LogP contribution >= 0.6 is 0 Å². The van der Waals surface area contributed by atoms with Crippen molar-refractivity contribution < 1.29 is 18.0 Å². The van der Waals surface area contributed by atoms with Gasteiger partial charge in [0.2, 0.25) is 11.8 Å². The summed E-state index contributed by atoms with van der Waals surface area (Å²) in [4.78, 5) is 24.7. The number of sulfone groups is 1. The lowest BCUT2D eigenvalue weighted by atomic mass is 10.1. The van der Waals surface area contributed by atoms with Gasteiger partial charge in [-0.15, -0.1) is 0 Å². The van der Waals surface area contributed by atoms with Crippen LogP contribution in [0.5, 0.6) is 0 Å². The van der Waals surface area contributed by atoms with Gasteiger partial charge in [-0.3, -0.25) is 9.59 Å². The fourth-order valence-corrected chi connectivity index (χ4v) is 3.45. The molecule has 0 heterocycles. The van der Waals surface area contributed by atoms with E-state index in [9.17, 15) is 18.0 Å². The van der Waals surface area contributed by atoms with Gasteiger partial charge in [0.05, 0.1) is 5.75 Å². The Bertz CT molecular complexity index is 461. The third kappa shape index (κ3) is 12.0. The first-order valence-electron chi connectivity index (χ1n) is 8.38. The highest BCUT2D eigenvalue weighted by Crippen LogP contribution is 2.05. The minimum atomic E-state index is -3.41. The van der Waals surface area contributed by atoms with Crippen LogP contribution in [0, 0.1) is 0 Å². The van der Waals surface area contributed by atoms with Crippen molar-refractivity contribution in [1.29, 1.82) is 0 Å². The third-order valence-corrected chi connectivity index (χ3v) is 5.21. The Morgan fingerprint density at radius 1 is 1.09 bits per heavy atom. The van der Waals surface area contributed by atoms with Crippen molar-refractivity contribution in [2.45, 2.75) is 64.8 Å². The number of rotatable bonds is 12. The van der Waals surface area contributed by atoms with Crippen molar-refractivity contribution >= 4 is 21.7 Å². The van der Waals surface area contributed by atoms with Gasteiger partial charge in [-0.05, 0) is 26.2 Å². The maximum absolute atomic E-state index is 11.9. The molecule has 0 aromatic carbocycles. The van der Waals surface area contributed by atoms with Gasteiger partial charge in [-0.25, -0.2) is 8.42 Å². The molecule has 0 aliphatic carbocycles. The fraction of sp³-hybridized carbons (Fsp3) is 0.875. The van der Waals surface area contributed by atoms with Gasteiger partial charge in [-0.2, -0.15) is 0 Å². The smallest absolute Gasteiger partial charge is 0.235 e. The predicted molar refractivity (Wildman–Crippen MR) is 92.9 cm³/mol. The quantitative estimate of drug-likeness (QED) is 0.545. The highest BCUT2D eigenvalue weighted by molar-refractivity contribution is 7.92. The monoisotopic (exact) mass is 348 g/mol. The number of unbranched alkanes of at least 4 members (excludes halogenated alkanes) is 3. The molecule has 7 heteroatoms. The summed E-state index contributed by atoms with van der Waals surface area (Å²) in [5.41, 5.74) is 0. The van der Waals surface area contributed by atoms with Crippen LogP contribution in [0.3, 0.4) is 0 Å². The average Bonchev–Trinajstić information content (AvgIpc) is 2.42. The molecular weight excluding hydrogens is 316 g/mol. The second-order valence-electron chi connectivity index (χ2n) is 6.30. The second kappa shape index (κ2) is 11.4.